The Morgan fingerprint density at radius 2 is 1.95 bits per heavy atom. The SMILES string of the molecule is O=C(OCc1nc(-c2ccccc2)no1)c1cccc(Cl)c1. The summed E-state index contributed by atoms with van der Waals surface area (Å²) in [7, 11) is 0. The van der Waals surface area contributed by atoms with Crippen LogP contribution >= 0.6 is 11.6 Å². The highest BCUT2D eigenvalue weighted by Gasteiger charge is 2.12. The van der Waals surface area contributed by atoms with E-state index in [2.05, 4.69) is 10.1 Å². The van der Waals surface area contributed by atoms with Gasteiger partial charge < -0.3 is 9.26 Å². The lowest BCUT2D eigenvalue weighted by molar-refractivity contribution is 0.0430. The Kier molecular flexibility index (Phi) is 4.16. The number of rotatable bonds is 4. The van der Waals surface area contributed by atoms with Gasteiger partial charge in [0.25, 0.3) is 5.89 Å². The van der Waals surface area contributed by atoms with Gasteiger partial charge in [-0.25, -0.2) is 4.79 Å². The molecule has 0 N–H and O–H groups in total. The van der Waals surface area contributed by atoms with E-state index in [0.717, 1.165) is 5.56 Å². The van der Waals surface area contributed by atoms with Gasteiger partial charge in [0.1, 0.15) is 0 Å². The van der Waals surface area contributed by atoms with E-state index in [-0.39, 0.29) is 12.5 Å². The molecule has 0 saturated heterocycles. The number of hydrogen-bond donors (Lipinski definition) is 0. The molecule has 1 heterocycles. The van der Waals surface area contributed by atoms with E-state index in [0.29, 0.717) is 16.4 Å². The van der Waals surface area contributed by atoms with Crippen molar-refractivity contribution in [3.8, 4) is 11.4 Å². The molecule has 0 saturated carbocycles. The van der Waals surface area contributed by atoms with Crippen molar-refractivity contribution in [3.05, 3.63) is 71.1 Å². The molecule has 0 fully saturated rings. The number of hydrogen-bond acceptors (Lipinski definition) is 5. The van der Waals surface area contributed by atoms with Crippen molar-refractivity contribution in [1.29, 1.82) is 0 Å². The minimum atomic E-state index is -0.498. The van der Waals surface area contributed by atoms with Gasteiger partial charge >= 0.3 is 5.97 Å². The molecule has 3 rings (SSSR count). The lowest BCUT2D eigenvalue weighted by Crippen LogP contribution is -2.05. The van der Waals surface area contributed by atoms with Crippen molar-refractivity contribution in [2.45, 2.75) is 6.61 Å². The molecule has 0 amide bonds. The van der Waals surface area contributed by atoms with Gasteiger partial charge in [0.2, 0.25) is 5.82 Å². The largest absolute Gasteiger partial charge is 0.452 e. The first kappa shape index (κ1) is 14.3. The molecule has 0 bridgehead atoms. The highest BCUT2D eigenvalue weighted by Crippen LogP contribution is 2.16. The molecule has 3 aromatic rings. The zero-order valence-corrected chi connectivity index (χ0v) is 12.2. The normalized spacial score (nSPS) is 10.4. The van der Waals surface area contributed by atoms with Crippen LogP contribution < -0.4 is 0 Å². The van der Waals surface area contributed by atoms with Gasteiger partial charge in [0, 0.05) is 10.6 Å². The van der Waals surface area contributed by atoms with Crippen molar-refractivity contribution in [2.24, 2.45) is 0 Å². The van der Waals surface area contributed by atoms with Crippen LogP contribution in [0.4, 0.5) is 0 Å². The maximum atomic E-state index is 11.9. The third kappa shape index (κ3) is 3.32. The highest BCUT2D eigenvalue weighted by atomic mass is 35.5. The van der Waals surface area contributed by atoms with Crippen LogP contribution in [0, 0.1) is 0 Å². The van der Waals surface area contributed by atoms with Crippen LogP contribution in [0.2, 0.25) is 5.02 Å². The van der Waals surface area contributed by atoms with Crippen LogP contribution in [0.25, 0.3) is 11.4 Å². The molecular weight excluding hydrogens is 304 g/mol. The summed E-state index contributed by atoms with van der Waals surface area (Å²) in [4.78, 5) is 16.1. The van der Waals surface area contributed by atoms with Crippen LogP contribution in [-0.2, 0) is 11.3 Å². The zero-order valence-electron chi connectivity index (χ0n) is 11.4. The molecule has 0 unspecified atom stereocenters. The maximum Gasteiger partial charge on any atom is 0.338 e. The fourth-order valence-corrected chi connectivity index (χ4v) is 2.03. The monoisotopic (exact) mass is 314 g/mol. The van der Waals surface area contributed by atoms with Crippen LogP contribution in [0.3, 0.4) is 0 Å². The van der Waals surface area contributed by atoms with Crippen molar-refractivity contribution >= 4 is 17.6 Å². The van der Waals surface area contributed by atoms with Crippen LogP contribution in [0.5, 0.6) is 0 Å². The lowest BCUT2D eigenvalue weighted by Gasteiger charge is -2.01. The smallest absolute Gasteiger partial charge is 0.338 e. The minimum Gasteiger partial charge on any atom is -0.452 e. The molecule has 0 atom stereocenters. The summed E-state index contributed by atoms with van der Waals surface area (Å²) in [5, 5.41) is 4.32. The van der Waals surface area contributed by atoms with Crippen molar-refractivity contribution in [3.63, 3.8) is 0 Å². The Labute approximate surface area is 131 Å². The summed E-state index contributed by atoms with van der Waals surface area (Å²) in [6, 6.07) is 15.9. The Balaban J connectivity index is 1.65. The van der Waals surface area contributed by atoms with E-state index in [4.69, 9.17) is 20.9 Å². The summed E-state index contributed by atoms with van der Waals surface area (Å²) in [6.45, 7) is -0.0921. The molecule has 5 nitrogen and oxygen atoms in total. The van der Waals surface area contributed by atoms with Crippen molar-refractivity contribution in [2.75, 3.05) is 0 Å². The molecule has 0 radical (unpaired) electrons. The third-order valence-electron chi connectivity index (χ3n) is 2.89. The topological polar surface area (TPSA) is 65.2 Å². The molecule has 0 aliphatic carbocycles. The number of nitrogens with zero attached hydrogens (tertiary/aromatic N) is 2. The molecule has 1 aromatic heterocycles. The van der Waals surface area contributed by atoms with Crippen LogP contribution in [-0.4, -0.2) is 16.1 Å². The molecule has 22 heavy (non-hydrogen) atoms. The molecule has 2 aromatic carbocycles. The fraction of sp³-hybridized carbons (Fsp3) is 0.0625. The Hall–Kier alpha value is -2.66. The van der Waals surface area contributed by atoms with Crippen molar-refractivity contribution < 1.29 is 14.1 Å². The van der Waals surface area contributed by atoms with E-state index in [9.17, 15) is 4.79 Å². The first-order valence-electron chi connectivity index (χ1n) is 6.53. The molecule has 6 heteroatoms. The Bertz CT molecular complexity index is 787. The van der Waals surface area contributed by atoms with Gasteiger partial charge in [0.05, 0.1) is 5.56 Å². The quantitative estimate of drug-likeness (QED) is 0.686. The predicted molar refractivity (Wildman–Crippen MR) is 80.3 cm³/mol. The van der Waals surface area contributed by atoms with E-state index in [1.165, 1.54) is 6.07 Å². The number of halogens is 1. The number of carbonyl (C=O) groups is 1. The maximum absolute atomic E-state index is 11.9. The third-order valence-corrected chi connectivity index (χ3v) is 3.12. The standard InChI is InChI=1S/C16H11ClN2O3/c17-13-8-4-7-12(9-13)16(20)21-10-14-18-15(19-22-14)11-5-2-1-3-6-11/h1-9H,10H2. The minimum absolute atomic E-state index is 0.0921. The van der Waals surface area contributed by atoms with E-state index in [1.807, 2.05) is 30.3 Å². The number of ether oxygens (including phenoxy) is 1. The molecule has 0 spiro atoms. The van der Waals surface area contributed by atoms with Crippen LogP contribution in [0.15, 0.2) is 59.1 Å². The molecular formula is C16H11ClN2O3. The number of esters is 1. The summed E-state index contributed by atoms with van der Waals surface area (Å²) in [5.74, 6) is 0.186. The second kappa shape index (κ2) is 6.41. The summed E-state index contributed by atoms with van der Waals surface area (Å²) >= 11 is 5.83. The molecule has 0 aliphatic rings. The van der Waals surface area contributed by atoms with Gasteiger partial charge in [-0.15, -0.1) is 0 Å². The molecule has 110 valence electrons. The molecule has 0 aliphatic heterocycles. The number of carbonyl (C=O) groups excluding carboxylic acids is 1. The first-order valence-corrected chi connectivity index (χ1v) is 6.91. The highest BCUT2D eigenvalue weighted by molar-refractivity contribution is 6.30. The van der Waals surface area contributed by atoms with Crippen LogP contribution in [0.1, 0.15) is 16.2 Å². The predicted octanol–water partition coefficient (Wildman–Crippen LogP) is 3.75. The second-order valence-corrected chi connectivity index (χ2v) is 4.90. The zero-order chi connectivity index (χ0) is 15.4. The van der Waals surface area contributed by atoms with E-state index < -0.39 is 5.97 Å². The lowest BCUT2D eigenvalue weighted by atomic mass is 10.2. The average molecular weight is 315 g/mol. The Morgan fingerprint density at radius 1 is 1.14 bits per heavy atom. The Morgan fingerprint density at radius 3 is 2.73 bits per heavy atom. The number of aromatic nitrogens is 2. The van der Waals surface area contributed by atoms with Gasteiger partial charge in [-0.05, 0) is 18.2 Å². The van der Waals surface area contributed by atoms with E-state index >= 15 is 0 Å². The summed E-state index contributed by atoms with van der Waals surface area (Å²) in [5.41, 5.74) is 1.20. The number of benzene rings is 2. The average Bonchev–Trinajstić information content (AvgIpc) is 3.02. The van der Waals surface area contributed by atoms with Gasteiger partial charge in [-0.1, -0.05) is 53.2 Å². The fourth-order valence-electron chi connectivity index (χ4n) is 1.84. The summed E-state index contributed by atoms with van der Waals surface area (Å²) < 4.78 is 10.2. The van der Waals surface area contributed by atoms with E-state index in [1.54, 1.807) is 18.2 Å². The van der Waals surface area contributed by atoms with Gasteiger partial charge in [-0.3, -0.25) is 0 Å². The van der Waals surface area contributed by atoms with Crippen molar-refractivity contribution in [1.82, 2.24) is 10.1 Å². The summed E-state index contributed by atoms with van der Waals surface area (Å²) in [6.07, 6.45) is 0. The van der Waals surface area contributed by atoms with Gasteiger partial charge in [0.15, 0.2) is 6.61 Å². The van der Waals surface area contributed by atoms with Gasteiger partial charge in [-0.2, -0.15) is 4.98 Å². The second-order valence-electron chi connectivity index (χ2n) is 4.46. The first-order chi connectivity index (χ1) is 10.7.